The minimum Gasteiger partial charge on any atom is -0.376 e. The topological polar surface area (TPSA) is 41.1 Å². The van der Waals surface area contributed by atoms with Crippen LogP contribution in [0.4, 0.5) is 11.4 Å². The van der Waals surface area contributed by atoms with Gasteiger partial charge in [0.15, 0.2) is 0 Å². The second kappa shape index (κ2) is 7.54. The first-order valence-corrected chi connectivity index (χ1v) is 8.41. The van der Waals surface area contributed by atoms with Gasteiger partial charge in [0.2, 0.25) is 5.91 Å². The molecule has 0 unspecified atom stereocenters. The Morgan fingerprint density at radius 2 is 1.90 bits per heavy atom. The number of carbonyl (C=O) groups is 1. The molecule has 0 atom stereocenters. The van der Waals surface area contributed by atoms with Crippen molar-refractivity contribution >= 4 is 51.6 Å². The van der Waals surface area contributed by atoms with E-state index < -0.39 is 0 Å². The van der Waals surface area contributed by atoms with Crippen LogP contribution in [0.5, 0.6) is 0 Å². The number of nitrogens with one attached hydrogen (secondary N) is 2. The molecule has 2 N–H and O–H groups in total. The summed E-state index contributed by atoms with van der Waals surface area (Å²) in [7, 11) is 0. The Labute approximate surface area is 136 Å². The van der Waals surface area contributed by atoms with E-state index >= 15 is 0 Å². The van der Waals surface area contributed by atoms with Gasteiger partial charge in [-0.15, -0.1) is 11.8 Å². The van der Waals surface area contributed by atoms with Gasteiger partial charge >= 0.3 is 0 Å². The molecule has 0 aromatic heterocycles. The number of halogens is 1. The van der Waals surface area contributed by atoms with Crippen LogP contribution < -0.4 is 10.6 Å². The number of carbonyl (C=O) groups excluding carboxylic acids is 1. The van der Waals surface area contributed by atoms with Crippen molar-refractivity contribution in [2.75, 3.05) is 23.4 Å². The Hall–Kier alpha value is -1.21. The first-order valence-electron chi connectivity index (χ1n) is 6.11. The molecule has 0 saturated heterocycles. The predicted molar refractivity (Wildman–Crippen MR) is 94.5 cm³/mol. The molecule has 0 spiro atoms. The molecule has 1 amide bonds. The average Bonchev–Trinajstić information content (AvgIpc) is 2.47. The van der Waals surface area contributed by atoms with Crippen molar-refractivity contribution in [1.82, 2.24) is 0 Å². The number of hydrogen-bond donors (Lipinski definition) is 2. The molecule has 0 saturated carbocycles. The van der Waals surface area contributed by atoms with E-state index in [1.807, 2.05) is 54.8 Å². The highest BCUT2D eigenvalue weighted by atomic mass is 127. The lowest BCUT2D eigenvalue weighted by atomic mass is 10.3. The van der Waals surface area contributed by atoms with Crippen LogP contribution in [0.2, 0.25) is 0 Å². The summed E-state index contributed by atoms with van der Waals surface area (Å²) in [6.07, 6.45) is 2.01. The van der Waals surface area contributed by atoms with Gasteiger partial charge in [0.25, 0.3) is 0 Å². The third kappa shape index (κ3) is 4.72. The van der Waals surface area contributed by atoms with Gasteiger partial charge in [0, 0.05) is 19.8 Å². The molecule has 20 heavy (non-hydrogen) atoms. The lowest BCUT2D eigenvalue weighted by molar-refractivity contribution is -0.114. The average molecular weight is 398 g/mol. The van der Waals surface area contributed by atoms with E-state index in [0.29, 0.717) is 0 Å². The first-order chi connectivity index (χ1) is 9.67. The maximum Gasteiger partial charge on any atom is 0.243 e. The molecule has 5 heteroatoms. The van der Waals surface area contributed by atoms with E-state index in [1.165, 1.54) is 3.57 Å². The Balaban J connectivity index is 1.87. The standard InChI is InChI=1S/C15H15IN2OS/c1-20-14-4-2-3-13(9-14)18-15(19)10-17-12-7-5-11(16)6-8-12/h2-9,17H,10H2,1H3,(H,18,19). The highest BCUT2D eigenvalue weighted by molar-refractivity contribution is 14.1. The van der Waals surface area contributed by atoms with Crippen LogP contribution in [0, 0.1) is 3.57 Å². The summed E-state index contributed by atoms with van der Waals surface area (Å²) in [5.74, 6) is -0.0539. The highest BCUT2D eigenvalue weighted by Crippen LogP contribution is 2.18. The third-order valence-electron chi connectivity index (χ3n) is 2.65. The molecule has 0 aliphatic rings. The Kier molecular flexibility index (Phi) is 5.72. The summed E-state index contributed by atoms with van der Waals surface area (Å²) in [6.45, 7) is 0.254. The Morgan fingerprint density at radius 3 is 2.60 bits per heavy atom. The summed E-state index contributed by atoms with van der Waals surface area (Å²) < 4.78 is 1.17. The van der Waals surface area contributed by atoms with Crippen LogP contribution in [0.25, 0.3) is 0 Å². The summed E-state index contributed by atoms with van der Waals surface area (Å²) in [5, 5.41) is 5.98. The lowest BCUT2D eigenvalue weighted by Crippen LogP contribution is -2.21. The van der Waals surface area contributed by atoms with Crippen molar-refractivity contribution in [3.05, 3.63) is 52.1 Å². The zero-order valence-electron chi connectivity index (χ0n) is 11.0. The molecule has 3 nitrogen and oxygen atoms in total. The number of benzene rings is 2. The van der Waals surface area contributed by atoms with Crippen LogP contribution in [0.15, 0.2) is 53.4 Å². The number of anilines is 2. The number of amides is 1. The largest absolute Gasteiger partial charge is 0.376 e. The van der Waals surface area contributed by atoms with Gasteiger partial charge < -0.3 is 10.6 Å². The van der Waals surface area contributed by atoms with Crippen LogP contribution in [0.1, 0.15) is 0 Å². The zero-order chi connectivity index (χ0) is 14.4. The van der Waals surface area contributed by atoms with Gasteiger partial charge in [0.05, 0.1) is 6.54 Å². The number of rotatable bonds is 5. The quantitative estimate of drug-likeness (QED) is 0.590. The van der Waals surface area contributed by atoms with Crippen LogP contribution in [-0.2, 0) is 4.79 Å². The van der Waals surface area contributed by atoms with Crippen molar-refractivity contribution < 1.29 is 4.79 Å². The van der Waals surface area contributed by atoms with Crippen molar-refractivity contribution in [2.45, 2.75) is 4.90 Å². The minimum atomic E-state index is -0.0539. The first kappa shape index (κ1) is 15.2. The SMILES string of the molecule is CSc1cccc(NC(=O)CNc2ccc(I)cc2)c1. The molecule has 0 radical (unpaired) electrons. The lowest BCUT2D eigenvalue weighted by Gasteiger charge is -2.08. The van der Waals surface area contributed by atoms with Gasteiger partial charge in [-0.2, -0.15) is 0 Å². The van der Waals surface area contributed by atoms with E-state index in [2.05, 4.69) is 33.2 Å². The molecule has 2 aromatic carbocycles. The fraction of sp³-hybridized carbons (Fsp3) is 0.133. The highest BCUT2D eigenvalue weighted by Gasteiger charge is 2.03. The van der Waals surface area contributed by atoms with Gasteiger partial charge in [-0.3, -0.25) is 4.79 Å². The molecule has 104 valence electrons. The fourth-order valence-electron chi connectivity index (χ4n) is 1.66. The summed E-state index contributed by atoms with van der Waals surface area (Å²) in [6, 6.07) is 15.7. The number of thioether (sulfide) groups is 1. The maximum absolute atomic E-state index is 11.9. The molecular formula is C15H15IN2OS. The van der Waals surface area contributed by atoms with Crippen LogP contribution >= 0.6 is 34.4 Å². The van der Waals surface area contributed by atoms with Crippen molar-refractivity contribution in [1.29, 1.82) is 0 Å². The van der Waals surface area contributed by atoms with Crippen LogP contribution in [-0.4, -0.2) is 18.7 Å². The van der Waals surface area contributed by atoms with E-state index in [0.717, 1.165) is 16.3 Å². The van der Waals surface area contributed by atoms with Crippen molar-refractivity contribution in [3.63, 3.8) is 0 Å². The molecule has 2 rings (SSSR count). The molecule has 0 heterocycles. The summed E-state index contributed by atoms with van der Waals surface area (Å²) >= 11 is 3.90. The van der Waals surface area contributed by atoms with Gasteiger partial charge in [-0.25, -0.2) is 0 Å². The molecular weight excluding hydrogens is 383 g/mol. The second-order valence-electron chi connectivity index (χ2n) is 4.14. The molecule has 0 aliphatic heterocycles. The maximum atomic E-state index is 11.9. The second-order valence-corrected chi connectivity index (χ2v) is 6.27. The summed E-state index contributed by atoms with van der Waals surface area (Å²) in [5.41, 5.74) is 1.77. The monoisotopic (exact) mass is 398 g/mol. The van der Waals surface area contributed by atoms with Gasteiger partial charge in [-0.05, 0) is 71.3 Å². The van der Waals surface area contributed by atoms with Crippen LogP contribution in [0.3, 0.4) is 0 Å². The molecule has 0 bridgehead atoms. The van der Waals surface area contributed by atoms with Gasteiger partial charge in [-0.1, -0.05) is 6.07 Å². The molecule has 0 fully saturated rings. The fourth-order valence-corrected chi connectivity index (χ4v) is 2.48. The number of hydrogen-bond acceptors (Lipinski definition) is 3. The predicted octanol–water partition coefficient (Wildman–Crippen LogP) is 4.06. The van der Waals surface area contributed by atoms with Crippen molar-refractivity contribution in [3.8, 4) is 0 Å². The van der Waals surface area contributed by atoms with Crippen molar-refractivity contribution in [2.24, 2.45) is 0 Å². The van der Waals surface area contributed by atoms with E-state index in [9.17, 15) is 4.79 Å². The van der Waals surface area contributed by atoms with E-state index in [4.69, 9.17) is 0 Å². The summed E-state index contributed by atoms with van der Waals surface area (Å²) in [4.78, 5) is 13.0. The third-order valence-corrected chi connectivity index (χ3v) is 4.10. The van der Waals surface area contributed by atoms with Gasteiger partial charge in [0.1, 0.15) is 0 Å². The minimum absolute atomic E-state index is 0.0539. The zero-order valence-corrected chi connectivity index (χ0v) is 14.0. The van der Waals surface area contributed by atoms with E-state index in [-0.39, 0.29) is 12.5 Å². The van der Waals surface area contributed by atoms with E-state index in [1.54, 1.807) is 11.8 Å². The Morgan fingerprint density at radius 1 is 1.15 bits per heavy atom. The molecule has 2 aromatic rings. The smallest absolute Gasteiger partial charge is 0.243 e. The Bertz CT molecular complexity index is 587. The normalized spacial score (nSPS) is 10.1. The molecule has 0 aliphatic carbocycles.